The highest BCUT2D eigenvalue weighted by molar-refractivity contribution is 7.89. The fourth-order valence-corrected chi connectivity index (χ4v) is 3.52. The Morgan fingerprint density at radius 3 is 2.79 bits per heavy atom. The smallest absolute Gasteiger partial charge is 0.259 e. The third kappa shape index (κ3) is 3.58. The lowest BCUT2D eigenvalue weighted by atomic mass is 10.2. The zero-order chi connectivity index (χ0) is 17.2. The SMILES string of the molecule is Cn1cnc(S(=O)(=O)NCCNC(=O)c2ccc3nsnc3c2)c1. The van der Waals surface area contributed by atoms with Crippen molar-refractivity contribution < 1.29 is 13.2 Å². The molecule has 0 aliphatic carbocycles. The Balaban J connectivity index is 1.53. The average molecular weight is 366 g/mol. The van der Waals surface area contributed by atoms with Crippen LogP contribution in [-0.4, -0.2) is 45.7 Å². The van der Waals surface area contributed by atoms with Gasteiger partial charge in [-0.2, -0.15) is 8.75 Å². The van der Waals surface area contributed by atoms with Crippen molar-refractivity contribution in [2.75, 3.05) is 13.1 Å². The van der Waals surface area contributed by atoms with E-state index < -0.39 is 10.0 Å². The lowest BCUT2D eigenvalue weighted by Gasteiger charge is -2.06. The number of carbonyl (C=O) groups excluding carboxylic acids is 1. The Labute approximate surface area is 142 Å². The van der Waals surface area contributed by atoms with Gasteiger partial charge in [0.1, 0.15) is 11.0 Å². The number of rotatable bonds is 6. The summed E-state index contributed by atoms with van der Waals surface area (Å²) < 4.78 is 36.0. The summed E-state index contributed by atoms with van der Waals surface area (Å²) in [4.78, 5) is 15.8. The topological polar surface area (TPSA) is 119 Å². The molecule has 0 unspecified atom stereocenters. The van der Waals surface area contributed by atoms with Crippen LogP contribution in [0.2, 0.25) is 0 Å². The van der Waals surface area contributed by atoms with Gasteiger partial charge in [-0.25, -0.2) is 18.1 Å². The molecule has 3 rings (SSSR count). The molecule has 0 aliphatic heterocycles. The van der Waals surface area contributed by atoms with Crippen LogP contribution in [0.3, 0.4) is 0 Å². The summed E-state index contributed by atoms with van der Waals surface area (Å²) in [6, 6.07) is 5.01. The van der Waals surface area contributed by atoms with E-state index in [1.54, 1.807) is 29.8 Å². The zero-order valence-corrected chi connectivity index (χ0v) is 14.3. The number of nitrogens with zero attached hydrogens (tertiary/aromatic N) is 4. The molecule has 0 saturated carbocycles. The van der Waals surface area contributed by atoms with E-state index in [1.807, 2.05) is 0 Å². The Kier molecular flexibility index (Phi) is 4.55. The van der Waals surface area contributed by atoms with Gasteiger partial charge in [-0.15, -0.1) is 0 Å². The van der Waals surface area contributed by atoms with E-state index in [2.05, 4.69) is 23.8 Å². The molecule has 1 amide bonds. The summed E-state index contributed by atoms with van der Waals surface area (Å²) in [5, 5.41) is 2.59. The zero-order valence-electron chi connectivity index (χ0n) is 12.6. The van der Waals surface area contributed by atoms with Crippen LogP contribution in [0.25, 0.3) is 11.0 Å². The summed E-state index contributed by atoms with van der Waals surface area (Å²) in [7, 11) is -1.99. The molecule has 0 spiro atoms. The highest BCUT2D eigenvalue weighted by Gasteiger charge is 2.16. The lowest BCUT2D eigenvalue weighted by Crippen LogP contribution is -2.34. The standard InChI is InChI=1S/C13H14N6O3S2/c1-19-7-12(15-8-19)24(21,22)16-5-4-14-13(20)9-2-3-10-11(6-9)18-23-17-10/h2-3,6-8,16H,4-5H2,1H3,(H,14,20). The lowest BCUT2D eigenvalue weighted by molar-refractivity contribution is 0.0954. The minimum absolute atomic E-state index is 0.0576. The van der Waals surface area contributed by atoms with Crippen molar-refractivity contribution in [1.82, 2.24) is 28.3 Å². The first kappa shape index (κ1) is 16.5. The Hall–Kier alpha value is -2.37. The second-order valence-electron chi connectivity index (χ2n) is 5.00. The minimum atomic E-state index is -3.67. The predicted molar refractivity (Wildman–Crippen MR) is 88.1 cm³/mol. The third-order valence-corrected chi connectivity index (χ3v) is 5.08. The first-order valence-corrected chi connectivity index (χ1v) is 9.15. The number of sulfonamides is 1. The Morgan fingerprint density at radius 2 is 2.04 bits per heavy atom. The van der Waals surface area contributed by atoms with Crippen LogP contribution in [0.5, 0.6) is 0 Å². The van der Waals surface area contributed by atoms with Crippen LogP contribution in [0.15, 0.2) is 35.7 Å². The van der Waals surface area contributed by atoms with Gasteiger partial charge < -0.3 is 9.88 Å². The summed E-state index contributed by atoms with van der Waals surface area (Å²) in [6.07, 6.45) is 2.80. The molecule has 0 saturated heterocycles. The number of hydrogen-bond acceptors (Lipinski definition) is 7. The summed E-state index contributed by atoms with van der Waals surface area (Å²) in [6.45, 7) is 0.212. The molecule has 2 aromatic heterocycles. The summed E-state index contributed by atoms with van der Waals surface area (Å²) in [5.41, 5.74) is 1.84. The van der Waals surface area contributed by atoms with Crippen molar-refractivity contribution in [1.29, 1.82) is 0 Å². The number of hydrogen-bond donors (Lipinski definition) is 2. The van der Waals surface area contributed by atoms with Crippen LogP contribution >= 0.6 is 11.7 Å². The molecular formula is C13H14N6O3S2. The van der Waals surface area contributed by atoms with Crippen LogP contribution in [-0.2, 0) is 17.1 Å². The number of nitrogens with one attached hydrogen (secondary N) is 2. The van der Waals surface area contributed by atoms with E-state index in [0.717, 1.165) is 17.2 Å². The molecule has 0 fully saturated rings. The van der Waals surface area contributed by atoms with Gasteiger partial charge in [-0.1, -0.05) is 0 Å². The normalized spacial score (nSPS) is 11.7. The van der Waals surface area contributed by atoms with Crippen LogP contribution in [0.4, 0.5) is 0 Å². The monoisotopic (exact) mass is 366 g/mol. The highest BCUT2D eigenvalue weighted by Crippen LogP contribution is 2.13. The van der Waals surface area contributed by atoms with Crippen LogP contribution < -0.4 is 10.0 Å². The second kappa shape index (κ2) is 6.63. The average Bonchev–Trinajstić information content (AvgIpc) is 3.19. The fourth-order valence-electron chi connectivity index (χ4n) is 1.99. The van der Waals surface area contributed by atoms with Gasteiger partial charge in [0, 0.05) is 31.9 Å². The number of fused-ring (bicyclic) bond motifs is 1. The van der Waals surface area contributed by atoms with E-state index in [-0.39, 0.29) is 24.0 Å². The van der Waals surface area contributed by atoms with Gasteiger partial charge in [0.05, 0.1) is 18.1 Å². The largest absolute Gasteiger partial charge is 0.351 e. The number of aromatic nitrogens is 4. The molecule has 11 heteroatoms. The van der Waals surface area contributed by atoms with E-state index in [0.29, 0.717) is 11.1 Å². The summed E-state index contributed by atoms with van der Waals surface area (Å²) in [5.74, 6) is -0.304. The van der Waals surface area contributed by atoms with Crippen molar-refractivity contribution >= 4 is 38.7 Å². The molecule has 2 N–H and O–H groups in total. The second-order valence-corrected chi connectivity index (χ2v) is 7.24. The van der Waals surface area contributed by atoms with Crippen molar-refractivity contribution in [3.63, 3.8) is 0 Å². The highest BCUT2D eigenvalue weighted by atomic mass is 32.2. The van der Waals surface area contributed by atoms with Crippen molar-refractivity contribution in [3.05, 3.63) is 36.3 Å². The maximum absolute atomic E-state index is 12.1. The van der Waals surface area contributed by atoms with E-state index in [1.165, 1.54) is 12.5 Å². The number of benzene rings is 1. The van der Waals surface area contributed by atoms with Gasteiger partial charge in [0.2, 0.25) is 0 Å². The Bertz CT molecular complexity index is 978. The van der Waals surface area contributed by atoms with Crippen LogP contribution in [0, 0.1) is 0 Å². The van der Waals surface area contributed by atoms with Crippen molar-refractivity contribution in [2.24, 2.45) is 7.05 Å². The molecule has 0 atom stereocenters. The van der Waals surface area contributed by atoms with E-state index in [4.69, 9.17) is 0 Å². The maximum Gasteiger partial charge on any atom is 0.259 e. The first-order valence-electron chi connectivity index (χ1n) is 6.94. The molecule has 0 radical (unpaired) electrons. The summed E-state index contributed by atoms with van der Waals surface area (Å²) >= 11 is 1.08. The van der Waals surface area contributed by atoms with Gasteiger partial charge in [-0.3, -0.25) is 4.79 Å². The maximum atomic E-state index is 12.1. The molecule has 126 valence electrons. The predicted octanol–water partition coefficient (Wildman–Crippen LogP) is 0.133. The van der Waals surface area contributed by atoms with E-state index >= 15 is 0 Å². The Morgan fingerprint density at radius 1 is 1.25 bits per heavy atom. The van der Waals surface area contributed by atoms with Crippen LogP contribution in [0.1, 0.15) is 10.4 Å². The molecule has 2 heterocycles. The van der Waals surface area contributed by atoms with Crippen molar-refractivity contribution in [3.8, 4) is 0 Å². The quantitative estimate of drug-likeness (QED) is 0.599. The van der Waals surface area contributed by atoms with Crippen molar-refractivity contribution in [2.45, 2.75) is 5.03 Å². The van der Waals surface area contributed by atoms with Gasteiger partial charge in [0.25, 0.3) is 15.9 Å². The number of aryl methyl sites for hydroxylation is 1. The molecule has 0 bridgehead atoms. The fraction of sp³-hybridized carbons (Fsp3) is 0.231. The number of imidazole rings is 1. The number of carbonyl (C=O) groups is 1. The van der Waals surface area contributed by atoms with Gasteiger partial charge in [0.15, 0.2) is 5.03 Å². The molecule has 3 aromatic rings. The van der Waals surface area contributed by atoms with E-state index in [9.17, 15) is 13.2 Å². The van der Waals surface area contributed by atoms with Gasteiger partial charge in [-0.05, 0) is 18.2 Å². The molecule has 1 aromatic carbocycles. The molecule has 9 nitrogen and oxygen atoms in total. The third-order valence-electron chi connectivity index (χ3n) is 3.18. The van der Waals surface area contributed by atoms with Gasteiger partial charge >= 0.3 is 0 Å². The molecular weight excluding hydrogens is 352 g/mol. The first-order chi connectivity index (χ1) is 11.5. The molecule has 0 aliphatic rings. The molecule has 24 heavy (non-hydrogen) atoms. The number of amides is 1. The minimum Gasteiger partial charge on any atom is -0.351 e.